The van der Waals surface area contributed by atoms with Crippen LogP contribution in [0.4, 0.5) is 11.4 Å². The summed E-state index contributed by atoms with van der Waals surface area (Å²) < 4.78 is 5.91. The van der Waals surface area contributed by atoms with Crippen molar-refractivity contribution in [3.8, 4) is 11.5 Å². The van der Waals surface area contributed by atoms with Gasteiger partial charge in [-0.2, -0.15) is 0 Å². The molecule has 3 aromatic carbocycles. The van der Waals surface area contributed by atoms with Gasteiger partial charge in [-0.25, -0.2) is 0 Å². The first-order chi connectivity index (χ1) is 15.8. The van der Waals surface area contributed by atoms with Crippen LogP contribution >= 0.6 is 11.6 Å². The molecule has 4 rings (SSSR count). The zero-order valence-corrected chi connectivity index (χ0v) is 20.8. The summed E-state index contributed by atoms with van der Waals surface area (Å²) >= 11 is 6.70. The van der Waals surface area contributed by atoms with Crippen molar-refractivity contribution < 1.29 is 4.74 Å². The number of ether oxygens (including phenoxy) is 1. The van der Waals surface area contributed by atoms with Crippen LogP contribution < -0.4 is 9.64 Å². The van der Waals surface area contributed by atoms with Crippen molar-refractivity contribution in [3.05, 3.63) is 88.5 Å². The Morgan fingerprint density at radius 1 is 0.970 bits per heavy atom. The average Bonchev–Trinajstić information content (AvgIpc) is 2.78. The van der Waals surface area contributed by atoms with E-state index in [-0.39, 0.29) is 5.54 Å². The van der Waals surface area contributed by atoms with Crippen LogP contribution in [0, 0.1) is 6.92 Å². The molecular weight excluding hydrogens is 428 g/mol. The number of nitrogens with zero attached hydrogens (tertiary/aromatic N) is 2. The zero-order valence-electron chi connectivity index (χ0n) is 20.0. The molecular formula is C29H31ClN2O. The molecule has 0 saturated heterocycles. The Hall–Kier alpha value is -3.04. The number of allylic oxidation sites excluding steroid dienone is 1. The minimum absolute atomic E-state index is 0.0333. The lowest BCUT2D eigenvalue weighted by Gasteiger charge is -2.43. The molecule has 0 aromatic heterocycles. The van der Waals surface area contributed by atoms with Crippen molar-refractivity contribution in [3.63, 3.8) is 0 Å². The number of hydrogen-bond acceptors (Lipinski definition) is 3. The van der Waals surface area contributed by atoms with Crippen LogP contribution in [0.5, 0.6) is 11.5 Å². The van der Waals surface area contributed by atoms with Gasteiger partial charge in [-0.05, 0) is 88.2 Å². The monoisotopic (exact) mass is 458 g/mol. The predicted molar refractivity (Wildman–Crippen MR) is 142 cm³/mol. The van der Waals surface area contributed by atoms with E-state index in [0.29, 0.717) is 5.02 Å². The minimum atomic E-state index is -0.0333. The molecule has 0 unspecified atom stereocenters. The second kappa shape index (κ2) is 9.44. The number of benzene rings is 3. The van der Waals surface area contributed by atoms with Crippen LogP contribution in [-0.4, -0.2) is 18.3 Å². The summed E-state index contributed by atoms with van der Waals surface area (Å²) in [7, 11) is 0. The quantitative estimate of drug-likeness (QED) is 0.345. The number of halogens is 1. The molecule has 3 aromatic rings. The molecule has 0 spiro atoms. The second-order valence-electron chi connectivity index (χ2n) is 9.19. The molecule has 1 aliphatic heterocycles. The van der Waals surface area contributed by atoms with Gasteiger partial charge in [-0.1, -0.05) is 42.3 Å². The summed E-state index contributed by atoms with van der Waals surface area (Å²) in [5, 5.41) is 0.712. The van der Waals surface area contributed by atoms with Gasteiger partial charge in [0.1, 0.15) is 11.5 Å². The van der Waals surface area contributed by atoms with E-state index in [4.69, 9.17) is 16.3 Å². The van der Waals surface area contributed by atoms with Crippen molar-refractivity contribution >= 4 is 34.8 Å². The van der Waals surface area contributed by atoms with Crippen molar-refractivity contribution in [2.45, 2.75) is 46.6 Å². The van der Waals surface area contributed by atoms with E-state index in [1.807, 2.05) is 54.7 Å². The first-order valence-electron chi connectivity index (χ1n) is 11.5. The highest BCUT2D eigenvalue weighted by Crippen LogP contribution is 2.41. The van der Waals surface area contributed by atoms with Crippen molar-refractivity contribution in [1.82, 2.24) is 0 Å². The van der Waals surface area contributed by atoms with E-state index in [9.17, 15) is 0 Å². The standard InChI is InChI=1S/C29H31ClN2O/c1-6-15-32-28-17-27(30)22(16-26(28)21(3)18-29(32,4)5)19-31-23-9-13-25(14-10-23)33-24-11-7-20(2)8-12-24/h7-14,16-19H,6,15H2,1-5H3. The molecule has 0 saturated carbocycles. The molecule has 0 fully saturated rings. The average molecular weight is 459 g/mol. The number of hydrogen-bond donors (Lipinski definition) is 0. The largest absolute Gasteiger partial charge is 0.457 e. The fourth-order valence-electron chi connectivity index (χ4n) is 4.33. The third-order valence-electron chi connectivity index (χ3n) is 5.99. The van der Waals surface area contributed by atoms with Gasteiger partial charge >= 0.3 is 0 Å². The summed E-state index contributed by atoms with van der Waals surface area (Å²) in [6.45, 7) is 11.9. The third kappa shape index (κ3) is 5.15. The van der Waals surface area contributed by atoms with Gasteiger partial charge in [-0.15, -0.1) is 0 Å². The fraction of sp³-hybridized carbons (Fsp3) is 0.276. The topological polar surface area (TPSA) is 24.8 Å². The molecule has 33 heavy (non-hydrogen) atoms. The Labute approximate surface area is 202 Å². The molecule has 170 valence electrons. The Kier molecular flexibility index (Phi) is 6.62. The van der Waals surface area contributed by atoms with Crippen LogP contribution in [0.2, 0.25) is 5.02 Å². The summed E-state index contributed by atoms with van der Waals surface area (Å²) in [5.74, 6) is 1.60. The molecule has 1 heterocycles. The van der Waals surface area contributed by atoms with Gasteiger partial charge < -0.3 is 9.64 Å². The molecule has 0 aliphatic carbocycles. The fourth-order valence-corrected chi connectivity index (χ4v) is 4.54. The lowest BCUT2D eigenvalue weighted by atomic mass is 9.88. The first kappa shape index (κ1) is 23.1. The smallest absolute Gasteiger partial charge is 0.127 e. The number of aliphatic imine (C=N–C) groups is 1. The van der Waals surface area contributed by atoms with Crippen LogP contribution in [0.25, 0.3) is 5.57 Å². The van der Waals surface area contributed by atoms with Gasteiger partial charge in [0.05, 0.1) is 16.2 Å². The number of anilines is 1. The highest BCUT2D eigenvalue weighted by atomic mass is 35.5. The van der Waals surface area contributed by atoms with E-state index < -0.39 is 0 Å². The normalized spacial score (nSPS) is 14.8. The van der Waals surface area contributed by atoms with Crippen LogP contribution in [0.15, 0.2) is 71.7 Å². The van der Waals surface area contributed by atoms with E-state index in [0.717, 1.165) is 35.7 Å². The summed E-state index contributed by atoms with van der Waals surface area (Å²) in [6.07, 6.45) is 5.27. The minimum Gasteiger partial charge on any atom is -0.457 e. The Balaban J connectivity index is 1.55. The maximum atomic E-state index is 6.70. The molecule has 4 heteroatoms. The Bertz CT molecular complexity index is 1190. The second-order valence-corrected chi connectivity index (χ2v) is 9.60. The summed E-state index contributed by atoms with van der Waals surface area (Å²) in [5.41, 5.74) is 6.62. The van der Waals surface area contributed by atoms with Crippen LogP contribution in [0.3, 0.4) is 0 Å². The molecule has 0 N–H and O–H groups in total. The van der Waals surface area contributed by atoms with Crippen LogP contribution in [-0.2, 0) is 0 Å². The van der Waals surface area contributed by atoms with Crippen molar-refractivity contribution in [1.29, 1.82) is 0 Å². The van der Waals surface area contributed by atoms with Gasteiger partial charge in [0.15, 0.2) is 0 Å². The van der Waals surface area contributed by atoms with E-state index in [2.05, 4.69) is 62.7 Å². The van der Waals surface area contributed by atoms with Gasteiger partial charge in [0, 0.05) is 29.6 Å². The molecule has 3 nitrogen and oxygen atoms in total. The lowest BCUT2D eigenvalue weighted by Crippen LogP contribution is -2.45. The van der Waals surface area contributed by atoms with Crippen molar-refractivity contribution in [2.75, 3.05) is 11.4 Å². The van der Waals surface area contributed by atoms with Crippen molar-refractivity contribution in [2.24, 2.45) is 4.99 Å². The Morgan fingerprint density at radius 3 is 2.24 bits per heavy atom. The lowest BCUT2D eigenvalue weighted by molar-refractivity contribution is 0.482. The maximum Gasteiger partial charge on any atom is 0.127 e. The highest BCUT2D eigenvalue weighted by Gasteiger charge is 2.31. The molecule has 0 atom stereocenters. The number of fused-ring (bicyclic) bond motifs is 1. The SMILES string of the molecule is CCCN1c2cc(Cl)c(C=Nc3ccc(Oc4ccc(C)cc4)cc3)cc2C(C)=CC1(C)C. The van der Waals surface area contributed by atoms with E-state index >= 15 is 0 Å². The molecule has 1 aliphatic rings. The van der Waals surface area contributed by atoms with E-state index in [1.165, 1.54) is 22.4 Å². The third-order valence-corrected chi connectivity index (χ3v) is 6.32. The Morgan fingerprint density at radius 2 is 1.61 bits per heavy atom. The van der Waals surface area contributed by atoms with E-state index in [1.54, 1.807) is 0 Å². The molecule has 0 bridgehead atoms. The van der Waals surface area contributed by atoms with Crippen LogP contribution in [0.1, 0.15) is 50.8 Å². The van der Waals surface area contributed by atoms with Gasteiger partial charge in [-0.3, -0.25) is 4.99 Å². The maximum absolute atomic E-state index is 6.70. The predicted octanol–water partition coefficient (Wildman–Crippen LogP) is 8.60. The summed E-state index contributed by atoms with van der Waals surface area (Å²) in [6, 6.07) is 20.0. The summed E-state index contributed by atoms with van der Waals surface area (Å²) in [4.78, 5) is 7.10. The van der Waals surface area contributed by atoms with Gasteiger partial charge in [0.25, 0.3) is 0 Å². The highest BCUT2D eigenvalue weighted by molar-refractivity contribution is 6.33. The molecule has 0 radical (unpaired) electrons. The number of aryl methyl sites for hydroxylation is 1. The molecule has 0 amide bonds. The zero-order chi connectivity index (χ0) is 23.6. The first-order valence-corrected chi connectivity index (χ1v) is 11.8. The number of rotatable bonds is 6. The van der Waals surface area contributed by atoms with Gasteiger partial charge in [0.2, 0.25) is 0 Å².